The van der Waals surface area contributed by atoms with Gasteiger partial charge in [0.25, 0.3) is 5.91 Å². The Labute approximate surface area is 168 Å². The Balaban J connectivity index is 1.88. The minimum Gasteiger partial charge on any atom is -0.366 e. The van der Waals surface area contributed by atoms with Gasteiger partial charge in [0, 0.05) is 39.5 Å². The lowest BCUT2D eigenvalue weighted by molar-refractivity contribution is 0.0996. The van der Waals surface area contributed by atoms with E-state index < -0.39 is 34.5 Å². The number of nitrogens with one attached hydrogen (secondary N) is 1. The molecule has 4 aromatic rings. The molecule has 144 valence electrons. The van der Waals surface area contributed by atoms with Crippen molar-refractivity contribution in [2.45, 2.75) is 0 Å². The number of hydrogen-bond donors (Lipinski definition) is 2. The van der Waals surface area contributed by atoms with Crippen molar-refractivity contribution in [1.82, 2.24) is 9.97 Å². The van der Waals surface area contributed by atoms with Crippen LogP contribution in [0.3, 0.4) is 0 Å². The molecule has 8 heteroatoms. The van der Waals surface area contributed by atoms with Crippen LogP contribution in [-0.4, -0.2) is 21.7 Å². The summed E-state index contributed by atoms with van der Waals surface area (Å²) >= 11 is 6.23. The molecule has 29 heavy (non-hydrogen) atoms. The van der Waals surface area contributed by atoms with Crippen LogP contribution in [0.15, 0.2) is 54.9 Å². The number of nitrogens with two attached hydrogens (primary N) is 1. The maximum Gasteiger partial charge on any atom is 0.251 e. The van der Waals surface area contributed by atoms with Gasteiger partial charge in [-0.2, -0.15) is 0 Å². The zero-order chi connectivity index (χ0) is 20.7. The van der Waals surface area contributed by atoms with E-state index in [0.717, 1.165) is 12.1 Å². The molecule has 0 unspecified atom stereocenters. The van der Waals surface area contributed by atoms with Gasteiger partial charge in [0.15, 0.2) is 0 Å². The van der Waals surface area contributed by atoms with Crippen molar-refractivity contribution < 1.29 is 18.4 Å². The van der Waals surface area contributed by atoms with Crippen molar-refractivity contribution in [3.63, 3.8) is 0 Å². The highest BCUT2D eigenvalue weighted by Gasteiger charge is 2.26. The predicted octanol–water partition coefficient (Wildman–Crippen LogP) is 4.49. The summed E-state index contributed by atoms with van der Waals surface area (Å²) in [5.74, 6) is -4.43. The number of amides is 1. The maximum absolute atomic E-state index is 14.6. The number of H-pyrrole nitrogens is 1. The average Bonchev–Trinajstić information content (AvgIpc) is 3.11. The Morgan fingerprint density at radius 3 is 2.55 bits per heavy atom. The minimum atomic E-state index is -1.30. The Morgan fingerprint density at radius 1 is 1.07 bits per heavy atom. The first-order chi connectivity index (χ1) is 13.9. The van der Waals surface area contributed by atoms with Crippen LogP contribution in [0.2, 0.25) is 5.02 Å². The number of carbonyl (C=O) groups is 2. The molecule has 0 atom stereocenters. The fourth-order valence-corrected chi connectivity index (χ4v) is 3.36. The molecule has 0 aliphatic carbocycles. The number of hydrogen-bond acceptors (Lipinski definition) is 3. The molecular weight excluding hydrogens is 400 g/mol. The number of halogens is 3. The molecule has 0 aliphatic rings. The first kappa shape index (κ1) is 18.8. The van der Waals surface area contributed by atoms with Crippen LogP contribution in [-0.2, 0) is 0 Å². The summed E-state index contributed by atoms with van der Waals surface area (Å²) in [5.41, 5.74) is 5.36. The maximum atomic E-state index is 14.6. The number of aromatic nitrogens is 2. The summed E-state index contributed by atoms with van der Waals surface area (Å²) in [6.45, 7) is 0. The van der Waals surface area contributed by atoms with E-state index >= 15 is 0 Å². The number of ketones is 1. The van der Waals surface area contributed by atoms with E-state index in [1.54, 1.807) is 36.5 Å². The lowest BCUT2D eigenvalue weighted by atomic mass is 9.98. The molecule has 0 saturated heterocycles. The zero-order valence-electron chi connectivity index (χ0n) is 14.7. The van der Waals surface area contributed by atoms with Crippen LogP contribution in [0, 0.1) is 11.6 Å². The molecule has 0 saturated carbocycles. The summed E-state index contributed by atoms with van der Waals surface area (Å²) in [6.07, 6.45) is 2.88. The monoisotopic (exact) mass is 411 g/mol. The number of pyridine rings is 1. The van der Waals surface area contributed by atoms with Crippen LogP contribution >= 0.6 is 11.6 Å². The van der Waals surface area contributed by atoms with Gasteiger partial charge in [-0.05, 0) is 24.3 Å². The molecule has 0 spiro atoms. The summed E-state index contributed by atoms with van der Waals surface area (Å²) in [5, 5.41) is 0.846. The normalized spacial score (nSPS) is 11.0. The van der Waals surface area contributed by atoms with Crippen molar-refractivity contribution in [1.29, 1.82) is 0 Å². The standard InChI is InChI=1S/C21H12ClF2N3O2/c22-15-4-2-1-3-11(15)10-7-13-14(9-27-21(13)26-8-10)19(28)17-16(23)6-5-12(18(17)24)20(25)29/h1-9H,(H2,25,29)(H,26,27). The number of aromatic amines is 1. The first-order valence-corrected chi connectivity index (χ1v) is 8.81. The molecule has 2 heterocycles. The largest absolute Gasteiger partial charge is 0.366 e. The van der Waals surface area contributed by atoms with Crippen LogP contribution in [0.25, 0.3) is 22.2 Å². The second kappa shape index (κ2) is 7.10. The number of benzene rings is 2. The average molecular weight is 412 g/mol. The summed E-state index contributed by atoms with van der Waals surface area (Å²) in [4.78, 5) is 31.4. The summed E-state index contributed by atoms with van der Waals surface area (Å²) in [7, 11) is 0. The number of rotatable bonds is 4. The molecule has 5 nitrogen and oxygen atoms in total. The summed E-state index contributed by atoms with van der Waals surface area (Å²) < 4.78 is 28.9. The Kier molecular flexibility index (Phi) is 4.60. The fourth-order valence-electron chi connectivity index (χ4n) is 3.12. The predicted molar refractivity (Wildman–Crippen MR) is 105 cm³/mol. The Bertz CT molecular complexity index is 1300. The zero-order valence-corrected chi connectivity index (χ0v) is 15.4. The first-order valence-electron chi connectivity index (χ1n) is 8.43. The quantitative estimate of drug-likeness (QED) is 0.485. The van der Waals surface area contributed by atoms with Crippen molar-refractivity contribution in [2.75, 3.05) is 0 Å². The number of primary amides is 1. The van der Waals surface area contributed by atoms with E-state index in [9.17, 15) is 18.4 Å². The second-order valence-corrected chi connectivity index (χ2v) is 6.69. The van der Waals surface area contributed by atoms with Gasteiger partial charge in [-0.3, -0.25) is 9.59 Å². The molecule has 0 radical (unpaired) electrons. The van der Waals surface area contributed by atoms with E-state index in [1.807, 2.05) is 0 Å². The molecule has 4 rings (SSSR count). The minimum absolute atomic E-state index is 0.000763. The van der Waals surface area contributed by atoms with Crippen LogP contribution in [0.4, 0.5) is 8.78 Å². The highest BCUT2D eigenvalue weighted by Crippen LogP contribution is 2.31. The van der Waals surface area contributed by atoms with Gasteiger partial charge >= 0.3 is 0 Å². The fraction of sp³-hybridized carbons (Fsp3) is 0. The van der Waals surface area contributed by atoms with Crippen molar-refractivity contribution in [2.24, 2.45) is 5.73 Å². The van der Waals surface area contributed by atoms with Crippen LogP contribution in [0.5, 0.6) is 0 Å². The third-order valence-electron chi connectivity index (χ3n) is 4.54. The molecule has 2 aromatic carbocycles. The highest BCUT2D eigenvalue weighted by molar-refractivity contribution is 6.33. The van der Waals surface area contributed by atoms with Gasteiger partial charge in [0.1, 0.15) is 17.3 Å². The van der Waals surface area contributed by atoms with E-state index in [4.69, 9.17) is 17.3 Å². The van der Waals surface area contributed by atoms with Gasteiger partial charge in [0.2, 0.25) is 5.78 Å². The van der Waals surface area contributed by atoms with E-state index in [0.29, 0.717) is 27.2 Å². The molecule has 2 aromatic heterocycles. The number of carbonyl (C=O) groups excluding carboxylic acids is 2. The van der Waals surface area contributed by atoms with E-state index in [2.05, 4.69) is 9.97 Å². The van der Waals surface area contributed by atoms with Crippen molar-refractivity contribution >= 4 is 34.3 Å². The van der Waals surface area contributed by atoms with Crippen LogP contribution in [0.1, 0.15) is 26.3 Å². The molecule has 3 N–H and O–H groups in total. The smallest absolute Gasteiger partial charge is 0.251 e. The van der Waals surface area contributed by atoms with Crippen molar-refractivity contribution in [3.05, 3.63) is 88.2 Å². The van der Waals surface area contributed by atoms with Gasteiger partial charge < -0.3 is 10.7 Å². The van der Waals surface area contributed by atoms with E-state index in [-0.39, 0.29) is 5.56 Å². The van der Waals surface area contributed by atoms with E-state index in [1.165, 1.54) is 6.20 Å². The SMILES string of the molecule is NC(=O)c1ccc(F)c(C(=O)c2c[nH]c3ncc(-c4ccccc4Cl)cc23)c1F. The number of fused-ring (bicyclic) bond motifs is 1. The number of nitrogens with zero attached hydrogens (tertiary/aromatic N) is 1. The molecule has 1 amide bonds. The topological polar surface area (TPSA) is 88.8 Å². The molecule has 0 aliphatic heterocycles. The molecule has 0 fully saturated rings. The lowest BCUT2D eigenvalue weighted by Gasteiger charge is -2.07. The van der Waals surface area contributed by atoms with Crippen LogP contribution < -0.4 is 5.73 Å². The summed E-state index contributed by atoms with van der Waals surface area (Å²) in [6, 6.07) is 10.5. The van der Waals surface area contributed by atoms with Gasteiger partial charge in [-0.25, -0.2) is 13.8 Å². The second-order valence-electron chi connectivity index (χ2n) is 6.28. The van der Waals surface area contributed by atoms with Crippen molar-refractivity contribution in [3.8, 4) is 11.1 Å². The highest BCUT2D eigenvalue weighted by atomic mass is 35.5. The third-order valence-corrected chi connectivity index (χ3v) is 4.87. The molecular formula is C21H12ClF2N3O2. The van der Waals surface area contributed by atoms with Gasteiger partial charge in [-0.1, -0.05) is 29.8 Å². The Morgan fingerprint density at radius 2 is 1.83 bits per heavy atom. The lowest BCUT2D eigenvalue weighted by Crippen LogP contribution is -2.17. The van der Waals surface area contributed by atoms with Gasteiger partial charge in [-0.15, -0.1) is 0 Å². The van der Waals surface area contributed by atoms with Gasteiger partial charge in [0.05, 0.1) is 11.1 Å². The third kappa shape index (κ3) is 3.15. The molecule has 0 bridgehead atoms. The Hall–Kier alpha value is -3.58.